The number of benzene rings is 1. The molecule has 1 aromatic carbocycles. The van der Waals surface area contributed by atoms with Crippen LogP contribution in [0, 0.1) is 5.92 Å². The van der Waals surface area contributed by atoms with Gasteiger partial charge in [-0.1, -0.05) is 25.1 Å². The van der Waals surface area contributed by atoms with Gasteiger partial charge in [0.1, 0.15) is 0 Å². The first-order valence-corrected chi connectivity index (χ1v) is 7.55. The summed E-state index contributed by atoms with van der Waals surface area (Å²) in [4.78, 5) is 7.09. The van der Waals surface area contributed by atoms with E-state index in [2.05, 4.69) is 41.9 Å². The van der Waals surface area contributed by atoms with Gasteiger partial charge in [-0.05, 0) is 31.7 Å². The summed E-state index contributed by atoms with van der Waals surface area (Å²) < 4.78 is 0. The number of nitrogens with zero attached hydrogens (tertiary/aromatic N) is 2. The Labute approximate surface area is 120 Å². The molecule has 0 amide bonds. The third-order valence-corrected chi connectivity index (χ3v) is 4.70. The van der Waals surface area contributed by atoms with Gasteiger partial charge in [-0.15, -0.1) is 0 Å². The number of nitrogens with two attached hydrogens (primary N) is 1. The van der Waals surface area contributed by atoms with Gasteiger partial charge in [0, 0.05) is 36.3 Å². The lowest BCUT2D eigenvalue weighted by Gasteiger charge is -2.41. The van der Waals surface area contributed by atoms with Crippen LogP contribution in [0.3, 0.4) is 0 Å². The Hall–Kier alpha value is -1.61. The fourth-order valence-electron chi connectivity index (χ4n) is 3.31. The largest absolute Gasteiger partial charge is 0.368 e. The highest BCUT2D eigenvalue weighted by molar-refractivity contribution is 5.93. The molecule has 2 atom stereocenters. The molecule has 1 saturated heterocycles. The van der Waals surface area contributed by atoms with Crippen LogP contribution in [0.15, 0.2) is 30.5 Å². The zero-order valence-electron chi connectivity index (χ0n) is 12.3. The quantitative estimate of drug-likeness (QED) is 0.909. The van der Waals surface area contributed by atoms with E-state index >= 15 is 0 Å². The van der Waals surface area contributed by atoms with E-state index in [4.69, 9.17) is 5.73 Å². The van der Waals surface area contributed by atoms with E-state index in [-0.39, 0.29) is 0 Å². The lowest BCUT2D eigenvalue weighted by molar-refractivity contribution is 0.363. The maximum absolute atomic E-state index is 5.96. The van der Waals surface area contributed by atoms with Gasteiger partial charge in [0.25, 0.3) is 0 Å². The SMILES string of the molecule is CC1CCCN(c2c(CN)cnc3ccccc23)C1C. The minimum atomic E-state index is 0.546. The summed E-state index contributed by atoms with van der Waals surface area (Å²) in [6.07, 6.45) is 4.52. The smallest absolute Gasteiger partial charge is 0.0723 e. The van der Waals surface area contributed by atoms with Crippen LogP contribution >= 0.6 is 0 Å². The summed E-state index contributed by atoms with van der Waals surface area (Å²) in [5.41, 5.74) is 9.48. The second-order valence-corrected chi connectivity index (χ2v) is 5.91. The Bertz CT molecular complexity index is 608. The van der Waals surface area contributed by atoms with E-state index in [1.54, 1.807) is 0 Å². The zero-order chi connectivity index (χ0) is 14.1. The predicted molar refractivity (Wildman–Crippen MR) is 84.8 cm³/mol. The molecule has 0 bridgehead atoms. The highest BCUT2D eigenvalue weighted by atomic mass is 15.2. The van der Waals surface area contributed by atoms with Gasteiger partial charge in [0.05, 0.1) is 11.2 Å². The molecule has 20 heavy (non-hydrogen) atoms. The van der Waals surface area contributed by atoms with E-state index < -0.39 is 0 Å². The lowest BCUT2D eigenvalue weighted by atomic mass is 9.90. The number of aromatic nitrogens is 1. The third kappa shape index (κ3) is 2.16. The van der Waals surface area contributed by atoms with E-state index in [0.29, 0.717) is 12.6 Å². The molecule has 0 saturated carbocycles. The van der Waals surface area contributed by atoms with E-state index in [1.165, 1.54) is 23.9 Å². The molecule has 2 heterocycles. The highest BCUT2D eigenvalue weighted by Gasteiger charge is 2.27. The normalized spacial score (nSPS) is 23.2. The maximum atomic E-state index is 5.96. The van der Waals surface area contributed by atoms with E-state index in [1.807, 2.05) is 12.3 Å². The topological polar surface area (TPSA) is 42.1 Å². The number of pyridine rings is 1. The van der Waals surface area contributed by atoms with Crippen molar-refractivity contribution < 1.29 is 0 Å². The number of fused-ring (bicyclic) bond motifs is 1. The van der Waals surface area contributed by atoms with Gasteiger partial charge in [-0.2, -0.15) is 0 Å². The molecule has 2 N–H and O–H groups in total. The number of hydrogen-bond acceptors (Lipinski definition) is 3. The number of anilines is 1. The fourth-order valence-corrected chi connectivity index (χ4v) is 3.31. The van der Waals surface area contributed by atoms with Crippen LogP contribution in [0.2, 0.25) is 0 Å². The molecule has 3 heteroatoms. The third-order valence-electron chi connectivity index (χ3n) is 4.70. The average Bonchev–Trinajstić information content (AvgIpc) is 2.49. The van der Waals surface area contributed by atoms with Gasteiger partial charge >= 0.3 is 0 Å². The van der Waals surface area contributed by atoms with Crippen molar-refractivity contribution in [3.63, 3.8) is 0 Å². The second kappa shape index (κ2) is 5.41. The Morgan fingerprint density at radius 3 is 2.90 bits per heavy atom. The Balaban J connectivity index is 2.17. The van der Waals surface area contributed by atoms with Gasteiger partial charge in [0.15, 0.2) is 0 Å². The molecule has 0 aliphatic carbocycles. The summed E-state index contributed by atoms with van der Waals surface area (Å²) >= 11 is 0. The minimum absolute atomic E-state index is 0.546. The van der Waals surface area contributed by atoms with Gasteiger partial charge in [-0.3, -0.25) is 4.98 Å². The fraction of sp³-hybridized carbons (Fsp3) is 0.471. The number of piperidine rings is 1. The first kappa shape index (κ1) is 13.4. The van der Waals surface area contributed by atoms with Crippen molar-refractivity contribution in [3.05, 3.63) is 36.0 Å². The minimum Gasteiger partial charge on any atom is -0.368 e. The molecule has 1 aromatic heterocycles. The Morgan fingerprint density at radius 2 is 2.10 bits per heavy atom. The predicted octanol–water partition coefficient (Wildman–Crippen LogP) is 3.32. The van der Waals surface area contributed by atoms with Crippen LogP contribution in [-0.4, -0.2) is 17.6 Å². The number of para-hydroxylation sites is 1. The first-order chi connectivity index (χ1) is 9.72. The summed E-state index contributed by atoms with van der Waals surface area (Å²) in [6, 6.07) is 8.94. The first-order valence-electron chi connectivity index (χ1n) is 7.55. The number of hydrogen-bond donors (Lipinski definition) is 1. The van der Waals surface area contributed by atoms with E-state index in [9.17, 15) is 0 Å². The molecule has 1 fully saturated rings. The molecule has 0 radical (unpaired) electrons. The Kier molecular flexibility index (Phi) is 3.62. The van der Waals surface area contributed by atoms with Crippen molar-refractivity contribution in [2.75, 3.05) is 11.4 Å². The van der Waals surface area contributed by atoms with Crippen LogP contribution in [0.5, 0.6) is 0 Å². The molecule has 3 nitrogen and oxygen atoms in total. The molecule has 0 spiro atoms. The van der Waals surface area contributed by atoms with Crippen molar-refractivity contribution in [2.45, 2.75) is 39.3 Å². The summed E-state index contributed by atoms with van der Waals surface area (Å²) in [5.74, 6) is 0.723. The van der Waals surface area contributed by atoms with Crippen LogP contribution in [0.4, 0.5) is 5.69 Å². The Morgan fingerprint density at radius 1 is 1.30 bits per heavy atom. The second-order valence-electron chi connectivity index (χ2n) is 5.91. The molecule has 2 unspecified atom stereocenters. The summed E-state index contributed by atoms with van der Waals surface area (Å²) in [7, 11) is 0. The number of rotatable bonds is 2. The van der Waals surface area contributed by atoms with Crippen molar-refractivity contribution >= 4 is 16.6 Å². The molecule has 1 aliphatic rings. The molecule has 2 aromatic rings. The van der Waals surface area contributed by atoms with Crippen molar-refractivity contribution in [1.82, 2.24) is 4.98 Å². The van der Waals surface area contributed by atoms with Gasteiger partial charge in [0.2, 0.25) is 0 Å². The highest BCUT2D eigenvalue weighted by Crippen LogP contribution is 2.35. The molecule has 1 aliphatic heterocycles. The maximum Gasteiger partial charge on any atom is 0.0723 e. The molecular weight excluding hydrogens is 246 g/mol. The van der Waals surface area contributed by atoms with Crippen LogP contribution in [-0.2, 0) is 6.54 Å². The van der Waals surface area contributed by atoms with Crippen LogP contribution in [0.25, 0.3) is 10.9 Å². The zero-order valence-corrected chi connectivity index (χ0v) is 12.3. The molecular formula is C17H23N3. The summed E-state index contributed by atoms with van der Waals surface area (Å²) in [6.45, 7) is 6.35. The van der Waals surface area contributed by atoms with Gasteiger partial charge in [-0.25, -0.2) is 0 Å². The van der Waals surface area contributed by atoms with E-state index in [0.717, 1.165) is 23.5 Å². The van der Waals surface area contributed by atoms with Crippen molar-refractivity contribution in [1.29, 1.82) is 0 Å². The molecule has 3 rings (SSSR count). The van der Waals surface area contributed by atoms with Gasteiger partial charge < -0.3 is 10.6 Å². The van der Waals surface area contributed by atoms with Crippen molar-refractivity contribution in [3.8, 4) is 0 Å². The lowest BCUT2D eigenvalue weighted by Crippen LogP contribution is -2.43. The monoisotopic (exact) mass is 269 g/mol. The standard InChI is InChI=1S/C17H23N3/c1-12-6-5-9-20(13(12)2)17-14(10-18)11-19-16-8-4-3-7-15(16)17/h3-4,7-8,11-13H,5-6,9-10,18H2,1-2H3. The van der Waals surface area contributed by atoms with Crippen LogP contribution in [0.1, 0.15) is 32.3 Å². The van der Waals surface area contributed by atoms with Crippen molar-refractivity contribution in [2.24, 2.45) is 11.7 Å². The molecule has 106 valence electrons. The summed E-state index contributed by atoms with van der Waals surface area (Å²) in [5, 5.41) is 1.23. The van der Waals surface area contributed by atoms with Crippen LogP contribution < -0.4 is 10.6 Å². The average molecular weight is 269 g/mol.